The van der Waals surface area contributed by atoms with E-state index in [4.69, 9.17) is 16.3 Å². The summed E-state index contributed by atoms with van der Waals surface area (Å²) in [5.41, 5.74) is -1.34. The molecule has 0 saturated carbocycles. The minimum Gasteiger partial charge on any atom is -0.454 e. The highest BCUT2D eigenvalue weighted by atomic mass is 35.5. The van der Waals surface area contributed by atoms with Crippen LogP contribution in [-0.4, -0.2) is 32.9 Å². The number of nitrogens with one attached hydrogen (secondary N) is 2. The van der Waals surface area contributed by atoms with E-state index in [9.17, 15) is 31.2 Å². The van der Waals surface area contributed by atoms with Gasteiger partial charge in [-0.05, 0) is 37.3 Å². The Morgan fingerprint density at radius 2 is 1.77 bits per heavy atom. The highest BCUT2D eigenvalue weighted by molar-refractivity contribution is 7.89. The molecule has 12 heteroatoms. The lowest BCUT2D eigenvalue weighted by Gasteiger charge is -2.14. The Kier molecular flexibility index (Phi) is 7.45. The molecular weight excluding hydrogens is 449 g/mol. The lowest BCUT2D eigenvalue weighted by Crippen LogP contribution is -2.40. The second-order valence-electron chi connectivity index (χ2n) is 6.00. The predicted octanol–water partition coefficient (Wildman–Crippen LogP) is 3.21. The molecule has 0 fully saturated rings. The average molecular weight is 465 g/mol. The van der Waals surface area contributed by atoms with Gasteiger partial charge in [-0.1, -0.05) is 29.8 Å². The second kappa shape index (κ2) is 9.45. The van der Waals surface area contributed by atoms with E-state index in [1.165, 1.54) is 31.2 Å². The van der Waals surface area contributed by atoms with Crippen molar-refractivity contribution < 1.29 is 35.9 Å². The van der Waals surface area contributed by atoms with Gasteiger partial charge in [0, 0.05) is 5.69 Å². The van der Waals surface area contributed by atoms with E-state index in [0.717, 1.165) is 12.1 Å². The number of carbonyl (C=O) groups is 2. The van der Waals surface area contributed by atoms with Crippen LogP contribution in [0.15, 0.2) is 53.4 Å². The fourth-order valence-electron chi connectivity index (χ4n) is 2.23. The summed E-state index contributed by atoms with van der Waals surface area (Å²) in [6.07, 6.45) is -4.71. The summed E-state index contributed by atoms with van der Waals surface area (Å²) < 4.78 is 69.7. The topological polar surface area (TPSA) is 102 Å². The molecule has 0 unspecified atom stereocenters. The summed E-state index contributed by atoms with van der Waals surface area (Å²) in [5.74, 6) is -1.96. The third-order valence-corrected chi connectivity index (χ3v) is 5.53. The summed E-state index contributed by atoms with van der Waals surface area (Å²) in [6.45, 7) is 0.385. The molecule has 2 N–H and O–H groups in total. The number of benzene rings is 2. The molecule has 2 rings (SSSR count). The predicted molar refractivity (Wildman–Crippen MR) is 102 cm³/mol. The molecule has 0 radical (unpaired) electrons. The minimum atomic E-state index is -4.71. The van der Waals surface area contributed by atoms with Crippen molar-refractivity contribution in [3.05, 3.63) is 59.1 Å². The van der Waals surface area contributed by atoms with Gasteiger partial charge in [-0.3, -0.25) is 9.59 Å². The van der Waals surface area contributed by atoms with Gasteiger partial charge in [-0.2, -0.15) is 17.9 Å². The molecule has 0 bridgehead atoms. The summed E-state index contributed by atoms with van der Waals surface area (Å²) in [7, 11) is -3.98. The number of esters is 1. The lowest BCUT2D eigenvalue weighted by atomic mass is 10.2. The standard InChI is InChI=1S/C18H16ClF3N2O5S/c1-11(24-30(27,28)13-5-3-2-4-6-13)17(26)29-10-16(25)23-12-7-8-15(19)14(9-12)18(20,21)22/h2-9,11,24H,10H2,1H3,(H,23,25)/t11-/m0/s1. The van der Waals surface area contributed by atoms with Gasteiger partial charge in [0.2, 0.25) is 10.0 Å². The van der Waals surface area contributed by atoms with Gasteiger partial charge in [-0.25, -0.2) is 8.42 Å². The Labute approximate surface area is 175 Å². The van der Waals surface area contributed by atoms with Crippen LogP contribution in [0.5, 0.6) is 0 Å². The van der Waals surface area contributed by atoms with Crippen LogP contribution < -0.4 is 10.0 Å². The fraction of sp³-hybridized carbons (Fsp3) is 0.222. The second-order valence-corrected chi connectivity index (χ2v) is 8.13. The number of carbonyl (C=O) groups excluding carboxylic acids is 2. The van der Waals surface area contributed by atoms with Crippen LogP contribution in [-0.2, 0) is 30.5 Å². The van der Waals surface area contributed by atoms with Crippen molar-refractivity contribution in [3.8, 4) is 0 Å². The molecule has 0 aromatic heterocycles. The van der Waals surface area contributed by atoms with Crippen molar-refractivity contribution in [2.75, 3.05) is 11.9 Å². The highest BCUT2D eigenvalue weighted by Crippen LogP contribution is 2.36. The Morgan fingerprint density at radius 3 is 2.37 bits per heavy atom. The molecule has 0 aliphatic rings. The van der Waals surface area contributed by atoms with Gasteiger partial charge in [0.15, 0.2) is 6.61 Å². The van der Waals surface area contributed by atoms with E-state index in [-0.39, 0.29) is 10.6 Å². The van der Waals surface area contributed by atoms with Gasteiger partial charge < -0.3 is 10.1 Å². The largest absolute Gasteiger partial charge is 0.454 e. The lowest BCUT2D eigenvalue weighted by molar-refractivity contribution is -0.148. The Balaban J connectivity index is 1.92. The third kappa shape index (κ3) is 6.44. The number of sulfonamides is 1. The SMILES string of the molecule is C[C@H](NS(=O)(=O)c1ccccc1)C(=O)OCC(=O)Nc1ccc(Cl)c(C(F)(F)F)c1. The van der Waals surface area contributed by atoms with Gasteiger partial charge in [0.05, 0.1) is 15.5 Å². The maximum absolute atomic E-state index is 12.8. The van der Waals surface area contributed by atoms with Crippen LogP contribution >= 0.6 is 11.6 Å². The van der Waals surface area contributed by atoms with E-state index in [2.05, 4.69) is 10.0 Å². The van der Waals surface area contributed by atoms with Crippen molar-refractivity contribution in [2.45, 2.75) is 24.0 Å². The first-order valence-corrected chi connectivity index (χ1v) is 10.2. The first-order valence-electron chi connectivity index (χ1n) is 8.31. The fourth-order valence-corrected chi connectivity index (χ4v) is 3.67. The molecule has 162 valence electrons. The maximum Gasteiger partial charge on any atom is 0.417 e. The zero-order chi connectivity index (χ0) is 22.5. The number of hydrogen-bond acceptors (Lipinski definition) is 5. The number of halogens is 4. The summed E-state index contributed by atoms with van der Waals surface area (Å²) >= 11 is 5.49. The molecule has 0 heterocycles. The van der Waals surface area contributed by atoms with Gasteiger partial charge in [0.1, 0.15) is 6.04 Å². The Bertz CT molecular complexity index is 1030. The number of ether oxygens (including phenoxy) is 1. The zero-order valence-corrected chi connectivity index (χ0v) is 16.9. The Morgan fingerprint density at radius 1 is 1.13 bits per heavy atom. The number of alkyl halides is 3. The van der Waals surface area contributed by atoms with Gasteiger partial charge >= 0.3 is 12.1 Å². The van der Waals surface area contributed by atoms with E-state index in [0.29, 0.717) is 6.07 Å². The molecule has 0 saturated heterocycles. The molecule has 1 amide bonds. The van der Waals surface area contributed by atoms with Crippen LogP contribution in [0.25, 0.3) is 0 Å². The molecular formula is C18H16ClF3N2O5S. The molecule has 7 nitrogen and oxygen atoms in total. The summed E-state index contributed by atoms with van der Waals surface area (Å²) in [5, 5.41) is 1.60. The minimum absolute atomic E-state index is 0.0643. The van der Waals surface area contributed by atoms with E-state index in [1.54, 1.807) is 6.07 Å². The molecule has 0 aliphatic carbocycles. The number of amides is 1. The highest BCUT2D eigenvalue weighted by Gasteiger charge is 2.33. The van der Waals surface area contributed by atoms with Crippen molar-refractivity contribution in [1.29, 1.82) is 0 Å². The average Bonchev–Trinajstić information content (AvgIpc) is 2.67. The van der Waals surface area contributed by atoms with Crippen molar-refractivity contribution in [2.24, 2.45) is 0 Å². The quantitative estimate of drug-likeness (QED) is 0.613. The van der Waals surface area contributed by atoms with Crippen molar-refractivity contribution >= 4 is 39.2 Å². The van der Waals surface area contributed by atoms with Crippen LogP contribution in [0, 0.1) is 0 Å². The number of hydrogen-bond donors (Lipinski definition) is 2. The monoisotopic (exact) mass is 464 g/mol. The number of rotatable bonds is 7. The molecule has 30 heavy (non-hydrogen) atoms. The third-order valence-electron chi connectivity index (χ3n) is 3.64. The van der Waals surface area contributed by atoms with Crippen LogP contribution in [0.2, 0.25) is 5.02 Å². The normalized spacial score (nSPS) is 12.8. The van der Waals surface area contributed by atoms with Crippen LogP contribution in [0.1, 0.15) is 12.5 Å². The van der Waals surface area contributed by atoms with Gasteiger partial charge in [0.25, 0.3) is 5.91 Å². The smallest absolute Gasteiger partial charge is 0.417 e. The van der Waals surface area contributed by atoms with Crippen LogP contribution in [0.4, 0.5) is 18.9 Å². The van der Waals surface area contributed by atoms with E-state index < -0.39 is 51.3 Å². The summed E-state index contributed by atoms with van der Waals surface area (Å²) in [4.78, 5) is 23.7. The molecule has 0 aliphatic heterocycles. The van der Waals surface area contributed by atoms with Gasteiger partial charge in [-0.15, -0.1) is 0 Å². The van der Waals surface area contributed by atoms with E-state index >= 15 is 0 Å². The van der Waals surface area contributed by atoms with Crippen molar-refractivity contribution in [3.63, 3.8) is 0 Å². The molecule has 1 atom stereocenters. The first-order chi connectivity index (χ1) is 13.9. The number of anilines is 1. The summed E-state index contributed by atoms with van der Waals surface area (Å²) in [6, 6.07) is 8.72. The molecule has 2 aromatic rings. The van der Waals surface area contributed by atoms with Crippen molar-refractivity contribution in [1.82, 2.24) is 4.72 Å². The first kappa shape index (κ1) is 23.6. The van der Waals surface area contributed by atoms with E-state index in [1.807, 2.05) is 0 Å². The maximum atomic E-state index is 12.8. The van der Waals surface area contributed by atoms with Crippen LogP contribution in [0.3, 0.4) is 0 Å². The Hall–Kier alpha value is -2.63. The molecule has 2 aromatic carbocycles. The zero-order valence-electron chi connectivity index (χ0n) is 15.4. The molecule has 0 spiro atoms.